The summed E-state index contributed by atoms with van der Waals surface area (Å²) >= 11 is 0. The number of carbonyl (C=O) groups is 1. The molecule has 25 heavy (non-hydrogen) atoms. The quantitative estimate of drug-likeness (QED) is 0.488. The molecule has 2 nitrogen and oxygen atoms in total. The molecular weight excluding hydrogens is 315 g/mol. The first-order valence-electron chi connectivity index (χ1n) is 8.66. The Kier molecular flexibility index (Phi) is 5.99. The largest absolute Gasteiger partial charge is 0.458 e. The zero-order chi connectivity index (χ0) is 18.6. The molecular formula is C22H27FO2. The second-order valence-electron chi connectivity index (χ2n) is 7.32. The molecule has 1 aliphatic carbocycles. The average molecular weight is 342 g/mol. The predicted octanol–water partition coefficient (Wildman–Crippen LogP) is 5.72. The summed E-state index contributed by atoms with van der Waals surface area (Å²) in [5.74, 6) is -0.355. The van der Waals surface area contributed by atoms with Crippen LogP contribution >= 0.6 is 0 Å². The Labute approximate surface area is 150 Å². The van der Waals surface area contributed by atoms with Gasteiger partial charge in [-0.25, -0.2) is 9.18 Å². The Hall–Kier alpha value is -2.16. The summed E-state index contributed by atoms with van der Waals surface area (Å²) in [7, 11) is 0. The second kappa shape index (κ2) is 7.81. The van der Waals surface area contributed by atoms with Gasteiger partial charge < -0.3 is 4.74 Å². The van der Waals surface area contributed by atoms with Crippen molar-refractivity contribution in [1.82, 2.24) is 0 Å². The van der Waals surface area contributed by atoms with E-state index in [4.69, 9.17) is 4.74 Å². The van der Waals surface area contributed by atoms with Gasteiger partial charge in [0.2, 0.25) is 0 Å². The van der Waals surface area contributed by atoms with E-state index in [2.05, 4.69) is 33.6 Å². The van der Waals surface area contributed by atoms with Crippen molar-refractivity contribution in [2.75, 3.05) is 6.61 Å². The van der Waals surface area contributed by atoms with Crippen LogP contribution in [0.4, 0.5) is 4.39 Å². The van der Waals surface area contributed by atoms with Crippen molar-refractivity contribution in [3.63, 3.8) is 0 Å². The highest BCUT2D eigenvalue weighted by Gasteiger charge is 2.39. The van der Waals surface area contributed by atoms with Crippen molar-refractivity contribution >= 4 is 5.97 Å². The molecule has 1 aliphatic rings. The number of benzene rings is 1. The molecule has 0 unspecified atom stereocenters. The molecule has 3 atom stereocenters. The molecule has 134 valence electrons. The molecule has 1 saturated carbocycles. The lowest BCUT2D eigenvalue weighted by Gasteiger charge is -2.44. The molecule has 0 N–H and O–H groups in total. The molecule has 0 bridgehead atoms. The highest BCUT2D eigenvalue weighted by atomic mass is 19.1. The Morgan fingerprint density at radius 3 is 2.76 bits per heavy atom. The number of ether oxygens (including phenoxy) is 1. The maximum Gasteiger partial charge on any atom is 0.338 e. The van der Waals surface area contributed by atoms with Gasteiger partial charge in [0.1, 0.15) is 12.4 Å². The van der Waals surface area contributed by atoms with E-state index in [0.717, 1.165) is 24.8 Å². The SMILES string of the molecule is C=C[C@]1(C)CC[C@@H](C(=C)C)C[C@H]1C(=C)COC(=O)c1cccc(F)c1. The predicted molar refractivity (Wildman–Crippen MR) is 99.8 cm³/mol. The lowest BCUT2D eigenvalue weighted by atomic mass is 9.61. The zero-order valence-electron chi connectivity index (χ0n) is 15.2. The molecule has 0 saturated heterocycles. The van der Waals surface area contributed by atoms with Gasteiger partial charge in [0.15, 0.2) is 0 Å². The maximum atomic E-state index is 13.2. The minimum absolute atomic E-state index is 0.0612. The van der Waals surface area contributed by atoms with Crippen molar-refractivity contribution in [1.29, 1.82) is 0 Å². The van der Waals surface area contributed by atoms with Crippen LogP contribution in [0.15, 0.2) is 61.2 Å². The van der Waals surface area contributed by atoms with Crippen LogP contribution in [0.3, 0.4) is 0 Å². The standard InChI is InChI=1S/C22H27FO2/c1-6-22(5)11-10-17(15(2)3)13-20(22)16(4)14-25-21(24)18-8-7-9-19(23)12-18/h6-9,12,17,20H,1-2,4,10-11,13-14H2,3,5H3/t17-,20+,22-/m1/s1. The van der Waals surface area contributed by atoms with Gasteiger partial charge in [-0.15, -0.1) is 6.58 Å². The second-order valence-corrected chi connectivity index (χ2v) is 7.32. The Balaban J connectivity index is 2.05. The number of allylic oxidation sites excluding steroid dienone is 2. The minimum atomic E-state index is -0.534. The van der Waals surface area contributed by atoms with Crippen molar-refractivity contribution in [3.8, 4) is 0 Å². The van der Waals surface area contributed by atoms with Gasteiger partial charge in [0.25, 0.3) is 0 Å². The third kappa shape index (κ3) is 4.47. The molecule has 3 heteroatoms. The summed E-state index contributed by atoms with van der Waals surface area (Å²) < 4.78 is 18.6. The molecule has 0 radical (unpaired) electrons. The zero-order valence-corrected chi connectivity index (χ0v) is 15.2. The van der Waals surface area contributed by atoms with Gasteiger partial charge in [0, 0.05) is 0 Å². The lowest BCUT2D eigenvalue weighted by Crippen LogP contribution is -2.35. The van der Waals surface area contributed by atoms with Crippen molar-refractivity contribution in [2.45, 2.75) is 33.1 Å². The molecule has 1 aromatic rings. The van der Waals surface area contributed by atoms with E-state index >= 15 is 0 Å². The van der Waals surface area contributed by atoms with Gasteiger partial charge >= 0.3 is 5.97 Å². The number of rotatable bonds is 6. The monoisotopic (exact) mass is 342 g/mol. The fourth-order valence-corrected chi connectivity index (χ4v) is 3.61. The van der Waals surface area contributed by atoms with E-state index < -0.39 is 11.8 Å². The molecule has 0 aliphatic heterocycles. The highest BCUT2D eigenvalue weighted by Crippen LogP contribution is 2.48. The summed E-state index contributed by atoms with van der Waals surface area (Å²) in [6, 6.07) is 5.51. The first kappa shape index (κ1) is 19.2. The third-order valence-electron chi connectivity index (χ3n) is 5.45. The van der Waals surface area contributed by atoms with Gasteiger partial charge in [-0.05, 0) is 67.2 Å². The third-order valence-corrected chi connectivity index (χ3v) is 5.45. The summed E-state index contributed by atoms with van der Waals surface area (Å²) in [5.41, 5.74) is 2.20. The van der Waals surface area contributed by atoms with Crippen LogP contribution in [0, 0.1) is 23.1 Å². The van der Waals surface area contributed by atoms with Crippen LogP contribution in [0.2, 0.25) is 0 Å². The van der Waals surface area contributed by atoms with Crippen molar-refractivity contribution in [3.05, 3.63) is 72.6 Å². The molecule has 0 heterocycles. The van der Waals surface area contributed by atoms with Crippen LogP contribution in [0.25, 0.3) is 0 Å². The van der Waals surface area contributed by atoms with Gasteiger partial charge in [-0.2, -0.15) is 0 Å². The number of halogens is 1. The van der Waals surface area contributed by atoms with Crippen molar-refractivity contribution < 1.29 is 13.9 Å². The Morgan fingerprint density at radius 1 is 1.44 bits per heavy atom. The summed E-state index contributed by atoms with van der Waals surface area (Å²) in [6.07, 6.45) is 5.03. The molecule has 0 spiro atoms. The van der Waals surface area contributed by atoms with E-state index in [9.17, 15) is 9.18 Å². The van der Waals surface area contributed by atoms with Gasteiger partial charge in [0.05, 0.1) is 5.56 Å². The fraction of sp³-hybridized carbons (Fsp3) is 0.409. The van der Waals surface area contributed by atoms with Crippen molar-refractivity contribution in [2.24, 2.45) is 17.3 Å². The van der Waals surface area contributed by atoms with Crippen LogP contribution in [-0.2, 0) is 4.74 Å². The summed E-state index contributed by atoms with van der Waals surface area (Å²) in [6.45, 7) is 16.6. The first-order chi connectivity index (χ1) is 11.8. The highest BCUT2D eigenvalue weighted by molar-refractivity contribution is 5.89. The normalized spacial score (nSPS) is 25.9. The number of esters is 1. The first-order valence-corrected chi connectivity index (χ1v) is 8.66. The van der Waals surface area contributed by atoms with Crippen LogP contribution in [-0.4, -0.2) is 12.6 Å². The van der Waals surface area contributed by atoms with E-state index in [1.807, 2.05) is 6.08 Å². The van der Waals surface area contributed by atoms with E-state index in [-0.39, 0.29) is 23.5 Å². The molecule has 0 aromatic heterocycles. The summed E-state index contributed by atoms with van der Waals surface area (Å²) in [4.78, 5) is 12.1. The van der Waals surface area contributed by atoms with Gasteiger partial charge in [-0.3, -0.25) is 0 Å². The van der Waals surface area contributed by atoms with Gasteiger partial charge in [-0.1, -0.05) is 37.8 Å². The average Bonchev–Trinajstić information content (AvgIpc) is 2.59. The van der Waals surface area contributed by atoms with Crippen LogP contribution in [0.1, 0.15) is 43.5 Å². The molecule has 0 amide bonds. The molecule has 1 fully saturated rings. The number of carbonyl (C=O) groups excluding carboxylic acids is 1. The smallest absolute Gasteiger partial charge is 0.338 e. The Morgan fingerprint density at radius 2 is 2.16 bits per heavy atom. The van der Waals surface area contributed by atoms with E-state index in [0.29, 0.717) is 5.92 Å². The van der Waals surface area contributed by atoms with Crippen LogP contribution < -0.4 is 0 Å². The number of hydrogen-bond acceptors (Lipinski definition) is 2. The Bertz CT molecular complexity index is 691. The minimum Gasteiger partial charge on any atom is -0.458 e. The summed E-state index contributed by atoms with van der Waals surface area (Å²) in [5, 5.41) is 0. The molecule has 1 aromatic carbocycles. The number of hydrogen-bond donors (Lipinski definition) is 0. The van der Waals surface area contributed by atoms with Crippen LogP contribution in [0.5, 0.6) is 0 Å². The molecule has 2 rings (SSSR count). The fourth-order valence-electron chi connectivity index (χ4n) is 3.61. The maximum absolute atomic E-state index is 13.2. The van der Waals surface area contributed by atoms with E-state index in [1.165, 1.54) is 23.8 Å². The van der Waals surface area contributed by atoms with E-state index in [1.54, 1.807) is 6.07 Å². The lowest BCUT2D eigenvalue weighted by molar-refractivity contribution is 0.0508. The topological polar surface area (TPSA) is 26.3 Å².